The van der Waals surface area contributed by atoms with Gasteiger partial charge in [-0.2, -0.15) is 8.42 Å². The van der Waals surface area contributed by atoms with Gasteiger partial charge in [0, 0.05) is 5.92 Å². The molecule has 0 spiro atoms. The third kappa shape index (κ3) is 5.51. The third-order valence-electron chi connectivity index (χ3n) is 11.6. The molecular formula is C27H48O9S. The van der Waals surface area contributed by atoms with E-state index in [1.54, 1.807) is 0 Å². The van der Waals surface area contributed by atoms with Gasteiger partial charge in [0.15, 0.2) is 0 Å². The van der Waals surface area contributed by atoms with E-state index < -0.39 is 47.8 Å². The van der Waals surface area contributed by atoms with Crippen LogP contribution in [-0.2, 0) is 14.6 Å². The summed E-state index contributed by atoms with van der Waals surface area (Å²) in [6.07, 6.45) is 4.54. The average molecular weight is 549 g/mol. The molecule has 0 radical (unpaired) electrons. The molecule has 0 heterocycles. The van der Waals surface area contributed by atoms with Gasteiger partial charge in [0.1, 0.15) is 0 Å². The Labute approximate surface area is 221 Å². The molecule has 10 heteroatoms. The van der Waals surface area contributed by atoms with Crippen LogP contribution < -0.4 is 0 Å². The largest absolute Gasteiger partial charge is 0.397 e. The Morgan fingerprint density at radius 1 is 1.00 bits per heavy atom. The highest BCUT2D eigenvalue weighted by Gasteiger charge is 2.65. The molecule has 0 saturated heterocycles. The van der Waals surface area contributed by atoms with Gasteiger partial charge in [-0.15, -0.1) is 0 Å². The fraction of sp³-hybridized carbons (Fsp3) is 1.00. The third-order valence-corrected chi connectivity index (χ3v) is 12.1. The number of hydrogen-bond donors (Lipinski definition) is 6. The van der Waals surface area contributed by atoms with Crippen molar-refractivity contribution in [2.24, 2.45) is 52.3 Å². The van der Waals surface area contributed by atoms with E-state index in [0.29, 0.717) is 19.3 Å². The summed E-state index contributed by atoms with van der Waals surface area (Å²) in [5.41, 5.74) is -0.309. The predicted molar refractivity (Wildman–Crippen MR) is 136 cm³/mol. The highest BCUT2D eigenvalue weighted by Crippen LogP contribution is 2.68. The van der Waals surface area contributed by atoms with E-state index in [0.717, 1.165) is 38.5 Å². The maximum Gasteiger partial charge on any atom is 0.397 e. The second-order valence-electron chi connectivity index (χ2n) is 13.3. The number of aliphatic hydroxyl groups excluding tert-OH is 5. The molecule has 0 amide bonds. The van der Waals surface area contributed by atoms with Gasteiger partial charge in [-0.3, -0.25) is 4.55 Å². The molecule has 6 N–H and O–H groups in total. The molecule has 0 aromatic heterocycles. The van der Waals surface area contributed by atoms with Gasteiger partial charge in [-0.25, -0.2) is 4.18 Å². The van der Waals surface area contributed by atoms with Crippen LogP contribution in [0.2, 0.25) is 0 Å². The minimum Gasteiger partial charge on any atom is -0.396 e. The van der Waals surface area contributed by atoms with Crippen molar-refractivity contribution in [3.8, 4) is 0 Å². The summed E-state index contributed by atoms with van der Waals surface area (Å²) in [4.78, 5) is 0. The fourth-order valence-electron chi connectivity index (χ4n) is 9.46. The van der Waals surface area contributed by atoms with Crippen LogP contribution >= 0.6 is 0 Å². The highest BCUT2D eigenvalue weighted by atomic mass is 32.3. The molecule has 4 aliphatic carbocycles. The number of aliphatic hydroxyl groups is 5. The lowest BCUT2D eigenvalue weighted by Crippen LogP contribution is -2.62. The maximum absolute atomic E-state index is 11.7. The molecule has 4 fully saturated rings. The summed E-state index contributed by atoms with van der Waals surface area (Å²) in [5.74, 6) is 0.439. The smallest absolute Gasteiger partial charge is 0.396 e. The second kappa shape index (κ2) is 10.9. The van der Waals surface area contributed by atoms with E-state index >= 15 is 0 Å². The monoisotopic (exact) mass is 548 g/mol. The number of hydrogen-bond acceptors (Lipinski definition) is 8. The molecule has 4 aliphatic rings. The van der Waals surface area contributed by atoms with Gasteiger partial charge in [-0.1, -0.05) is 20.8 Å². The molecule has 4 rings (SSSR count). The first-order chi connectivity index (χ1) is 17.2. The Morgan fingerprint density at radius 3 is 2.35 bits per heavy atom. The Bertz CT molecular complexity index is 898. The van der Waals surface area contributed by atoms with Crippen molar-refractivity contribution in [3.63, 3.8) is 0 Å². The topological polar surface area (TPSA) is 165 Å². The zero-order chi connectivity index (χ0) is 27.3. The minimum atomic E-state index is -4.65. The summed E-state index contributed by atoms with van der Waals surface area (Å²) in [6.45, 7) is 5.67. The molecule has 0 aliphatic heterocycles. The lowest BCUT2D eigenvalue weighted by atomic mass is 9.43. The second-order valence-corrected chi connectivity index (χ2v) is 14.4. The van der Waals surface area contributed by atoms with Crippen molar-refractivity contribution in [3.05, 3.63) is 0 Å². The van der Waals surface area contributed by atoms with Crippen molar-refractivity contribution >= 4 is 10.4 Å². The van der Waals surface area contributed by atoms with Crippen molar-refractivity contribution < 1.29 is 42.7 Å². The van der Waals surface area contributed by atoms with Crippen LogP contribution in [0, 0.1) is 52.3 Å². The first-order valence-corrected chi connectivity index (χ1v) is 15.5. The summed E-state index contributed by atoms with van der Waals surface area (Å²) < 4.78 is 34.9. The van der Waals surface area contributed by atoms with E-state index in [4.69, 9.17) is 4.55 Å². The van der Waals surface area contributed by atoms with Crippen LogP contribution in [0.25, 0.3) is 0 Å². The van der Waals surface area contributed by atoms with Gasteiger partial charge >= 0.3 is 10.4 Å². The van der Waals surface area contributed by atoms with Crippen LogP contribution in [0.3, 0.4) is 0 Å². The Balaban J connectivity index is 1.45. The fourth-order valence-corrected chi connectivity index (χ4v) is 9.81. The maximum atomic E-state index is 11.7. The zero-order valence-electron chi connectivity index (χ0n) is 22.4. The first kappa shape index (κ1) is 29.6. The zero-order valence-corrected chi connectivity index (χ0v) is 23.3. The van der Waals surface area contributed by atoms with E-state index in [2.05, 4.69) is 25.0 Å². The molecule has 0 bridgehead atoms. The standard InChI is InChI=1S/C27H48O9S/c1-15(4-7-22(30)16(13-28)14-36-37(33,34)35)19-5-6-20-25-21(12-24(32)27(19,20)3)26(2)9-8-18(29)10-17(26)11-23(25)31/h15-25,28-32H,4-14H2,1-3H3,(H,33,34,35)/t15-,16+,17?,18-,19?,20?,21?,22-,23?,24+,25?,26+,27-/m1/s1. The van der Waals surface area contributed by atoms with Gasteiger partial charge in [0.05, 0.1) is 37.6 Å². The molecule has 13 atom stereocenters. The number of fused-ring (bicyclic) bond motifs is 5. The molecule has 4 saturated carbocycles. The molecular weight excluding hydrogens is 500 g/mol. The van der Waals surface area contributed by atoms with Gasteiger partial charge in [-0.05, 0) is 104 Å². The molecule has 0 aromatic carbocycles. The average Bonchev–Trinajstić information content (AvgIpc) is 3.17. The normalized spacial score (nSPS) is 46.4. The van der Waals surface area contributed by atoms with Crippen molar-refractivity contribution in [1.82, 2.24) is 0 Å². The highest BCUT2D eigenvalue weighted by molar-refractivity contribution is 7.80. The van der Waals surface area contributed by atoms with E-state index in [-0.39, 0.29) is 52.4 Å². The summed E-state index contributed by atoms with van der Waals surface area (Å²) in [7, 11) is -4.65. The van der Waals surface area contributed by atoms with Gasteiger partial charge in [0.2, 0.25) is 0 Å². The van der Waals surface area contributed by atoms with Crippen LogP contribution in [0.1, 0.15) is 78.6 Å². The molecule has 6 unspecified atom stereocenters. The SMILES string of the molecule is C[C@H](CC[C@@H](O)[C@@H](CO)COS(=O)(=O)O)C1CCC2C3C(O)CC4C[C@H](O)CC[C@]4(C)C3C[C@H](O)[C@@]21C. The van der Waals surface area contributed by atoms with E-state index in [1.165, 1.54) is 0 Å². The van der Waals surface area contributed by atoms with Gasteiger partial charge in [0.25, 0.3) is 0 Å². The van der Waals surface area contributed by atoms with Crippen molar-refractivity contribution in [2.45, 2.75) is 103 Å². The van der Waals surface area contributed by atoms with Crippen molar-refractivity contribution in [2.75, 3.05) is 13.2 Å². The Hall–Kier alpha value is -0.330. The quantitative estimate of drug-likeness (QED) is 0.237. The minimum absolute atomic E-state index is 0.0304. The number of rotatable bonds is 9. The van der Waals surface area contributed by atoms with Gasteiger partial charge < -0.3 is 25.5 Å². The molecule has 216 valence electrons. The first-order valence-electron chi connectivity index (χ1n) is 14.2. The predicted octanol–water partition coefficient (Wildman–Crippen LogP) is 2.15. The summed E-state index contributed by atoms with van der Waals surface area (Å²) >= 11 is 0. The lowest BCUT2D eigenvalue weighted by Gasteiger charge is -2.63. The van der Waals surface area contributed by atoms with Crippen LogP contribution in [0.5, 0.6) is 0 Å². The van der Waals surface area contributed by atoms with E-state index in [9.17, 15) is 34.0 Å². The molecule has 37 heavy (non-hydrogen) atoms. The Kier molecular flexibility index (Phi) is 8.75. The lowest BCUT2D eigenvalue weighted by molar-refractivity contribution is -0.207. The van der Waals surface area contributed by atoms with E-state index in [1.807, 2.05) is 0 Å². The van der Waals surface area contributed by atoms with Crippen LogP contribution in [-0.4, -0.2) is 76.1 Å². The van der Waals surface area contributed by atoms with Crippen molar-refractivity contribution in [1.29, 1.82) is 0 Å². The molecule has 0 aromatic rings. The van der Waals surface area contributed by atoms with Crippen LogP contribution in [0.15, 0.2) is 0 Å². The Morgan fingerprint density at radius 2 is 1.70 bits per heavy atom. The summed E-state index contributed by atoms with van der Waals surface area (Å²) in [5, 5.41) is 53.5. The molecule has 9 nitrogen and oxygen atoms in total. The summed E-state index contributed by atoms with van der Waals surface area (Å²) in [6, 6.07) is 0. The van der Waals surface area contributed by atoms with Crippen LogP contribution in [0.4, 0.5) is 0 Å².